The Balaban J connectivity index is 1.50. The van der Waals surface area contributed by atoms with Crippen molar-refractivity contribution in [2.24, 2.45) is 0 Å². The van der Waals surface area contributed by atoms with Crippen LogP contribution in [0.4, 0.5) is 30.2 Å². The van der Waals surface area contributed by atoms with Gasteiger partial charge < -0.3 is 10.6 Å². The number of pyridine rings is 2. The van der Waals surface area contributed by atoms with E-state index in [1.165, 1.54) is 36.5 Å². The lowest BCUT2D eigenvalue weighted by molar-refractivity contribution is 0.480. The highest BCUT2D eigenvalue weighted by Crippen LogP contribution is 2.37. The summed E-state index contributed by atoms with van der Waals surface area (Å²) in [4.78, 5) is 7.64. The molecule has 2 aromatic carbocycles. The maximum atomic E-state index is 13.9. The molecule has 1 aliphatic carbocycles. The first-order valence-electron chi connectivity index (χ1n) is 12.6. The summed E-state index contributed by atoms with van der Waals surface area (Å²) in [6.45, 7) is 0. The summed E-state index contributed by atoms with van der Waals surface area (Å²) < 4.78 is 52.3. The Morgan fingerprint density at radius 1 is 0.975 bits per heavy atom. The van der Waals surface area contributed by atoms with Crippen LogP contribution in [-0.2, 0) is 0 Å². The van der Waals surface area contributed by atoms with E-state index in [-0.39, 0.29) is 45.4 Å². The Morgan fingerprint density at radius 2 is 1.75 bits per heavy atom. The third-order valence-corrected chi connectivity index (χ3v) is 6.37. The lowest BCUT2D eigenvalue weighted by atomic mass is 10.0. The number of benzene rings is 2. The molecule has 0 spiro atoms. The van der Waals surface area contributed by atoms with Crippen LogP contribution in [-0.4, -0.2) is 25.0 Å². The quantitative estimate of drug-likeness (QED) is 0.254. The van der Waals surface area contributed by atoms with Gasteiger partial charge in [0.2, 0.25) is 5.95 Å². The van der Waals surface area contributed by atoms with Gasteiger partial charge in [-0.2, -0.15) is 14.9 Å². The number of hydrogen-bond acceptors (Lipinski definition) is 8. The van der Waals surface area contributed by atoms with Crippen LogP contribution in [0.1, 0.15) is 48.7 Å². The zero-order valence-electron chi connectivity index (χ0n) is 21.5. The van der Waals surface area contributed by atoms with E-state index in [0.29, 0.717) is 10.9 Å². The van der Waals surface area contributed by atoms with Gasteiger partial charge >= 0.3 is 0 Å². The van der Waals surface area contributed by atoms with E-state index >= 15 is 0 Å². The van der Waals surface area contributed by atoms with Crippen molar-refractivity contribution < 1.29 is 14.5 Å². The molecule has 0 bridgehead atoms. The molecule has 1 saturated carbocycles. The van der Waals surface area contributed by atoms with Crippen molar-refractivity contribution in [3.05, 3.63) is 101 Å². The minimum absolute atomic E-state index is 0.0580. The predicted molar refractivity (Wildman–Crippen MR) is 139 cm³/mol. The van der Waals surface area contributed by atoms with Crippen molar-refractivity contribution in [1.82, 2.24) is 25.0 Å². The second kappa shape index (κ2) is 10.0. The molecule has 12 heteroatoms. The minimum Gasteiger partial charge on any atom is -0.373 e. The van der Waals surface area contributed by atoms with E-state index < -0.39 is 23.6 Å². The molecule has 1 aliphatic rings. The monoisotopic (exact) mass is 538 g/mol. The Hall–Kier alpha value is -5.49. The zero-order valence-corrected chi connectivity index (χ0v) is 20.5. The maximum absolute atomic E-state index is 13.9. The molecular formula is C28H18F3N9. The number of halogens is 3. The fourth-order valence-corrected chi connectivity index (χ4v) is 4.27. The molecule has 1 atom stereocenters. The number of fused-ring (bicyclic) bond motifs is 1. The van der Waals surface area contributed by atoms with Gasteiger partial charge in [0.15, 0.2) is 5.82 Å². The van der Waals surface area contributed by atoms with Gasteiger partial charge in [-0.3, -0.25) is 4.98 Å². The third kappa shape index (κ3) is 4.74. The third-order valence-electron chi connectivity index (χ3n) is 6.37. The van der Waals surface area contributed by atoms with E-state index in [2.05, 4.69) is 37.0 Å². The smallest absolute Gasteiger partial charge is 0.249 e. The molecule has 6 rings (SSSR count). The number of aromatic nitrogens is 5. The van der Waals surface area contributed by atoms with Gasteiger partial charge in [0, 0.05) is 23.3 Å². The lowest BCUT2D eigenvalue weighted by Gasteiger charge is -2.20. The summed E-state index contributed by atoms with van der Waals surface area (Å²) in [5.74, 6) is -2.95. The van der Waals surface area contributed by atoms with Crippen LogP contribution in [0.3, 0.4) is 0 Å². The molecule has 3 aromatic heterocycles. The molecule has 196 valence electrons. The number of nitrogens with zero attached hydrogens (tertiary/aromatic N) is 7. The number of anilines is 3. The largest absolute Gasteiger partial charge is 0.373 e. The number of nitrogens with one attached hydrogen (secondary N) is 2. The van der Waals surface area contributed by atoms with Gasteiger partial charge in [-0.1, -0.05) is 17.3 Å². The molecule has 9 nitrogen and oxygen atoms in total. The molecule has 0 saturated heterocycles. The topological polar surface area (TPSA) is 128 Å². The number of hydrogen-bond donors (Lipinski definition) is 2. The molecule has 1 fully saturated rings. The summed E-state index contributed by atoms with van der Waals surface area (Å²) in [5, 5.41) is 34.4. The van der Waals surface area contributed by atoms with E-state index in [4.69, 9.17) is 0 Å². The van der Waals surface area contributed by atoms with E-state index in [0.717, 1.165) is 25.1 Å². The molecule has 0 amide bonds. The van der Waals surface area contributed by atoms with Gasteiger partial charge in [-0.15, -0.1) is 5.10 Å². The molecular weight excluding hydrogens is 519 g/mol. The zero-order chi connectivity index (χ0) is 28.7. The predicted octanol–water partition coefficient (Wildman–Crippen LogP) is 5.66. The standard InChI is InChI=1S/C28H18F3N9/c29-18-3-1-15(2-4-18)27(24-14-40(39-38-24)21-5-6-21)36-19-7-16(10-32)25-22(8-19)26(17(11-33)12-34-25)37-20-9-23(30)28(31)35-13-20/h1-4,7-9,12-14,21,27,36H,5-6H2,(H,34,37)/t27-/m1/s1/i27D. The second-order valence-electron chi connectivity index (χ2n) is 9.13. The average Bonchev–Trinajstić information content (AvgIpc) is 3.70. The van der Waals surface area contributed by atoms with Gasteiger partial charge in [0.25, 0.3) is 0 Å². The highest BCUT2D eigenvalue weighted by Gasteiger charge is 2.27. The van der Waals surface area contributed by atoms with Crippen LogP contribution < -0.4 is 10.6 Å². The highest BCUT2D eigenvalue weighted by atomic mass is 19.2. The van der Waals surface area contributed by atoms with Crippen LogP contribution in [0.15, 0.2) is 61.1 Å². The Kier molecular flexibility index (Phi) is 5.90. The molecule has 0 unspecified atom stereocenters. The van der Waals surface area contributed by atoms with Crippen molar-refractivity contribution in [2.45, 2.75) is 24.9 Å². The fourth-order valence-electron chi connectivity index (χ4n) is 4.27. The summed E-state index contributed by atoms with van der Waals surface area (Å²) >= 11 is 0. The fraction of sp³-hybridized carbons (Fsp3) is 0.143. The van der Waals surface area contributed by atoms with Crippen LogP contribution in [0.25, 0.3) is 10.9 Å². The molecule has 40 heavy (non-hydrogen) atoms. The van der Waals surface area contributed by atoms with Crippen LogP contribution >= 0.6 is 0 Å². The second-order valence-corrected chi connectivity index (χ2v) is 9.13. The van der Waals surface area contributed by atoms with Crippen molar-refractivity contribution in [1.29, 1.82) is 10.5 Å². The van der Waals surface area contributed by atoms with Gasteiger partial charge in [-0.25, -0.2) is 18.4 Å². The van der Waals surface area contributed by atoms with Gasteiger partial charge in [-0.05, 0) is 42.7 Å². The van der Waals surface area contributed by atoms with Crippen molar-refractivity contribution in [3.8, 4) is 12.1 Å². The molecule has 0 radical (unpaired) electrons. The highest BCUT2D eigenvalue weighted by molar-refractivity contribution is 6.00. The van der Waals surface area contributed by atoms with Crippen LogP contribution in [0.5, 0.6) is 0 Å². The first-order chi connectivity index (χ1) is 19.8. The molecule has 2 N–H and O–H groups in total. The van der Waals surface area contributed by atoms with Gasteiger partial charge in [0.05, 0.1) is 53.8 Å². The summed E-state index contributed by atoms with van der Waals surface area (Å²) in [5.41, 5.74) is 1.51. The summed E-state index contributed by atoms with van der Waals surface area (Å²) in [6, 6.07) is 11.8. The SMILES string of the molecule is [2H][C@@](Nc1cc(C#N)c2ncc(C#N)c(Nc3cnc(F)c(F)c3)c2c1)(c1ccc(F)cc1)c1cn(C2CC2)nn1. The summed E-state index contributed by atoms with van der Waals surface area (Å²) in [7, 11) is 0. The van der Waals surface area contributed by atoms with E-state index in [1.54, 1.807) is 16.9 Å². The first-order valence-corrected chi connectivity index (χ1v) is 12.1. The van der Waals surface area contributed by atoms with E-state index in [1.807, 2.05) is 6.07 Å². The lowest BCUT2D eigenvalue weighted by Crippen LogP contribution is -2.13. The molecule has 0 aliphatic heterocycles. The summed E-state index contributed by atoms with van der Waals surface area (Å²) in [6.07, 6.45) is 5.88. The van der Waals surface area contributed by atoms with Crippen LogP contribution in [0, 0.1) is 40.2 Å². The number of rotatable bonds is 7. The first kappa shape index (κ1) is 23.6. The van der Waals surface area contributed by atoms with Crippen LogP contribution in [0.2, 0.25) is 0 Å². The van der Waals surface area contributed by atoms with Crippen molar-refractivity contribution in [3.63, 3.8) is 0 Å². The Morgan fingerprint density at radius 3 is 2.45 bits per heavy atom. The Labute approximate surface area is 226 Å². The van der Waals surface area contributed by atoms with Crippen molar-refractivity contribution in [2.75, 3.05) is 10.6 Å². The molecule has 3 heterocycles. The Bertz CT molecular complexity index is 1890. The maximum Gasteiger partial charge on any atom is 0.249 e. The van der Waals surface area contributed by atoms with E-state index in [9.17, 15) is 25.1 Å². The number of nitriles is 2. The average molecular weight is 539 g/mol. The van der Waals surface area contributed by atoms with Gasteiger partial charge in [0.1, 0.15) is 23.6 Å². The normalized spacial score (nSPS) is 14.6. The molecule has 5 aromatic rings. The van der Waals surface area contributed by atoms with Crippen molar-refractivity contribution >= 4 is 28.0 Å². The minimum atomic E-state index is -1.76.